The Morgan fingerprint density at radius 2 is 1.55 bits per heavy atom. The van der Waals surface area contributed by atoms with E-state index in [1.54, 1.807) is 18.3 Å². The van der Waals surface area contributed by atoms with Gasteiger partial charge in [-0.2, -0.15) is 0 Å². The van der Waals surface area contributed by atoms with E-state index in [2.05, 4.69) is 16.0 Å². The molecule has 0 fully saturated rings. The average Bonchev–Trinajstić information content (AvgIpc) is 2.53. The van der Waals surface area contributed by atoms with Crippen molar-refractivity contribution < 1.29 is 0 Å². The van der Waals surface area contributed by atoms with Gasteiger partial charge in [0.05, 0.1) is 5.69 Å². The lowest BCUT2D eigenvalue weighted by molar-refractivity contribution is 1.27. The maximum Gasteiger partial charge on any atom is 0.126 e. The zero-order valence-electron chi connectivity index (χ0n) is 12.0. The fourth-order valence-electron chi connectivity index (χ4n) is 2.27. The standard InChI is InChI=1S/C18H16N4/c19-17-11-14(12-18(20)22-17)15(16-8-4-5-9-21-16)10-13-6-2-1-3-7-13/h1-12H,(H4,19,20,22)/b15-10+. The number of hydrogen-bond donors (Lipinski definition) is 2. The summed E-state index contributed by atoms with van der Waals surface area (Å²) in [6, 6.07) is 19.5. The Kier molecular flexibility index (Phi) is 3.83. The predicted molar refractivity (Wildman–Crippen MR) is 90.7 cm³/mol. The normalized spacial score (nSPS) is 11.4. The molecule has 108 valence electrons. The Hall–Kier alpha value is -3.14. The van der Waals surface area contributed by atoms with Crippen molar-refractivity contribution in [3.63, 3.8) is 0 Å². The molecular formula is C18H16N4. The molecule has 3 rings (SSSR count). The molecule has 2 aromatic heterocycles. The quantitative estimate of drug-likeness (QED) is 0.775. The molecule has 0 aliphatic heterocycles. The van der Waals surface area contributed by atoms with Crippen LogP contribution in [0.2, 0.25) is 0 Å². The molecular weight excluding hydrogens is 272 g/mol. The molecule has 0 spiro atoms. The lowest BCUT2D eigenvalue weighted by Crippen LogP contribution is -1.99. The van der Waals surface area contributed by atoms with E-state index in [1.807, 2.05) is 48.5 Å². The monoisotopic (exact) mass is 288 g/mol. The highest BCUT2D eigenvalue weighted by atomic mass is 14.9. The minimum absolute atomic E-state index is 0.393. The average molecular weight is 288 g/mol. The van der Waals surface area contributed by atoms with Crippen molar-refractivity contribution in [1.29, 1.82) is 0 Å². The zero-order chi connectivity index (χ0) is 15.4. The van der Waals surface area contributed by atoms with Gasteiger partial charge in [-0.15, -0.1) is 0 Å². The zero-order valence-corrected chi connectivity index (χ0v) is 12.0. The van der Waals surface area contributed by atoms with Gasteiger partial charge < -0.3 is 11.5 Å². The van der Waals surface area contributed by atoms with Gasteiger partial charge in [-0.3, -0.25) is 4.98 Å². The summed E-state index contributed by atoms with van der Waals surface area (Å²) >= 11 is 0. The molecule has 1 aromatic carbocycles. The molecule has 0 radical (unpaired) electrons. The summed E-state index contributed by atoms with van der Waals surface area (Å²) in [6.07, 6.45) is 3.83. The fourth-order valence-corrected chi connectivity index (χ4v) is 2.27. The summed E-state index contributed by atoms with van der Waals surface area (Å²) in [5.41, 5.74) is 15.4. The van der Waals surface area contributed by atoms with Gasteiger partial charge in [-0.05, 0) is 41.5 Å². The maximum absolute atomic E-state index is 5.83. The molecule has 0 saturated heterocycles. The van der Waals surface area contributed by atoms with E-state index in [0.717, 1.165) is 22.4 Å². The third-order valence-corrected chi connectivity index (χ3v) is 3.23. The van der Waals surface area contributed by atoms with Crippen molar-refractivity contribution in [2.24, 2.45) is 0 Å². The molecule has 3 aromatic rings. The van der Waals surface area contributed by atoms with Crippen LogP contribution in [-0.2, 0) is 0 Å². The van der Waals surface area contributed by atoms with Crippen molar-refractivity contribution in [1.82, 2.24) is 9.97 Å². The predicted octanol–water partition coefficient (Wildman–Crippen LogP) is 3.23. The molecule has 4 N–H and O–H groups in total. The lowest BCUT2D eigenvalue weighted by Gasteiger charge is -2.09. The van der Waals surface area contributed by atoms with E-state index in [1.165, 1.54) is 0 Å². The van der Waals surface area contributed by atoms with Crippen LogP contribution in [0.4, 0.5) is 11.6 Å². The molecule has 0 saturated carbocycles. The van der Waals surface area contributed by atoms with E-state index in [0.29, 0.717) is 11.6 Å². The van der Waals surface area contributed by atoms with Gasteiger partial charge in [-0.1, -0.05) is 36.4 Å². The van der Waals surface area contributed by atoms with Crippen LogP contribution in [0.3, 0.4) is 0 Å². The van der Waals surface area contributed by atoms with Gasteiger partial charge in [0.25, 0.3) is 0 Å². The number of pyridine rings is 2. The van der Waals surface area contributed by atoms with Crippen molar-refractivity contribution in [3.8, 4) is 0 Å². The van der Waals surface area contributed by atoms with Crippen LogP contribution in [0.25, 0.3) is 11.6 Å². The Labute approximate surface area is 129 Å². The Morgan fingerprint density at radius 1 is 0.864 bits per heavy atom. The summed E-state index contributed by atoms with van der Waals surface area (Å²) in [7, 11) is 0. The summed E-state index contributed by atoms with van der Waals surface area (Å²) in [5.74, 6) is 0.787. The first kappa shape index (κ1) is 13.8. The molecule has 2 heterocycles. The van der Waals surface area contributed by atoms with Gasteiger partial charge in [0.2, 0.25) is 0 Å². The summed E-state index contributed by atoms with van der Waals surface area (Å²) in [5, 5.41) is 0. The van der Waals surface area contributed by atoms with Gasteiger partial charge in [-0.25, -0.2) is 4.98 Å². The van der Waals surface area contributed by atoms with Crippen LogP contribution in [0.5, 0.6) is 0 Å². The van der Waals surface area contributed by atoms with Gasteiger partial charge >= 0.3 is 0 Å². The molecule has 4 heteroatoms. The van der Waals surface area contributed by atoms with Crippen LogP contribution >= 0.6 is 0 Å². The fraction of sp³-hybridized carbons (Fsp3) is 0. The van der Waals surface area contributed by atoms with E-state index < -0.39 is 0 Å². The second-order valence-corrected chi connectivity index (χ2v) is 4.89. The number of benzene rings is 1. The molecule has 0 amide bonds. The summed E-state index contributed by atoms with van der Waals surface area (Å²) < 4.78 is 0. The first-order valence-electron chi connectivity index (χ1n) is 6.94. The number of nitrogens with zero attached hydrogens (tertiary/aromatic N) is 2. The first-order valence-corrected chi connectivity index (χ1v) is 6.94. The third kappa shape index (κ3) is 3.12. The molecule has 22 heavy (non-hydrogen) atoms. The SMILES string of the molecule is Nc1cc(/C(=C\c2ccccc2)c2ccccn2)cc(N)n1. The largest absolute Gasteiger partial charge is 0.384 e. The number of nitrogens with two attached hydrogens (primary N) is 2. The van der Waals surface area contributed by atoms with Crippen molar-refractivity contribution >= 4 is 23.3 Å². The minimum atomic E-state index is 0.393. The Balaban J connectivity index is 2.17. The first-order chi connectivity index (χ1) is 10.7. The van der Waals surface area contributed by atoms with Gasteiger partial charge in [0.15, 0.2) is 0 Å². The van der Waals surface area contributed by atoms with Crippen LogP contribution in [0, 0.1) is 0 Å². The molecule has 0 bridgehead atoms. The van der Waals surface area contributed by atoms with E-state index >= 15 is 0 Å². The minimum Gasteiger partial charge on any atom is -0.384 e. The topological polar surface area (TPSA) is 77.8 Å². The number of anilines is 2. The van der Waals surface area contributed by atoms with E-state index in [4.69, 9.17) is 11.5 Å². The highest BCUT2D eigenvalue weighted by Crippen LogP contribution is 2.26. The van der Waals surface area contributed by atoms with Crippen molar-refractivity contribution in [3.05, 3.63) is 83.7 Å². The second-order valence-electron chi connectivity index (χ2n) is 4.89. The summed E-state index contributed by atoms with van der Waals surface area (Å²) in [6.45, 7) is 0. The van der Waals surface area contributed by atoms with Crippen molar-refractivity contribution in [2.75, 3.05) is 11.5 Å². The second kappa shape index (κ2) is 6.10. The van der Waals surface area contributed by atoms with Crippen LogP contribution in [0.15, 0.2) is 66.9 Å². The lowest BCUT2D eigenvalue weighted by atomic mass is 10.00. The van der Waals surface area contributed by atoms with Crippen molar-refractivity contribution in [2.45, 2.75) is 0 Å². The van der Waals surface area contributed by atoms with Gasteiger partial charge in [0, 0.05) is 11.8 Å². The van der Waals surface area contributed by atoms with Crippen LogP contribution in [-0.4, -0.2) is 9.97 Å². The van der Waals surface area contributed by atoms with E-state index in [-0.39, 0.29) is 0 Å². The third-order valence-electron chi connectivity index (χ3n) is 3.23. The maximum atomic E-state index is 5.83. The molecule has 0 unspecified atom stereocenters. The smallest absolute Gasteiger partial charge is 0.126 e. The molecule has 0 atom stereocenters. The number of hydrogen-bond acceptors (Lipinski definition) is 4. The number of nitrogen functional groups attached to an aromatic ring is 2. The highest BCUT2D eigenvalue weighted by molar-refractivity contribution is 5.91. The Bertz CT molecular complexity index is 776. The highest BCUT2D eigenvalue weighted by Gasteiger charge is 2.09. The van der Waals surface area contributed by atoms with Crippen LogP contribution in [0.1, 0.15) is 16.8 Å². The molecule has 0 aliphatic rings. The Morgan fingerprint density at radius 3 is 2.18 bits per heavy atom. The molecule has 0 aliphatic carbocycles. The van der Waals surface area contributed by atoms with Crippen LogP contribution < -0.4 is 11.5 Å². The summed E-state index contributed by atoms with van der Waals surface area (Å²) in [4.78, 5) is 8.47. The number of rotatable bonds is 3. The van der Waals surface area contributed by atoms with Gasteiger partial charge in [0.1, 0.15) is 11.6 Å². The van der Waals surface area contributed by atoms with E-state index in [9.17, 15) is 0 Å². The molecule has 4 nitrogen and oxygen atoms in total. The number of aromatic nitrogens is 2.